The topological polar surface area (TPSA) is 123 Å². The Kier molecular flexibility index (Phi) is 6.36. The molecule has 3 heterocycles. The van der Waals surface area contributed by atoms with Crippen LogP contribution in [-0.4, -0.2) is 50.3 Å². The van der Waals surface area contributed by atoms with Gasteiger partial charge in [-0.2, -0.15) is 10.4 Å². The van der Waals surface area contributed by atoms with Crippen molar-refractivity contribution in [1.82, 2.24) is 24.6 Å². The summed E-state index contributed by atoms with van der Waals surface area (Å²) in [4.78, 5) is 22.7. The van der Waals surface area contributed by atoms with Gasteiger partial charge in [0.2, 0.25) is 5.91 Å². The van der Waals surface area contributed by atoms with Crippen LogP contribution in [0.15, 0.2) is 12.4 Å². The number of nitrogens with two attached hydrogens (primary N) is 1. The molecule has 1 amide bonds. The van der Waals surface area contributed by atoms with Gasteiger partial charge in [-0.15, -0.1) is 0 Å². The minimum absolute atomic E-state index is 0.0439. The number of benzene rings is 1. The van der Waals surface area contributed by atoms with E-state index in [0.717, 1.165) is 16.8 Å². The molecule has 2 N–H and O–H groups in total. The highest BCUT2D eigenvalue weighted by molar-refractivity contribution is 6.32. The van der Waals surface area contributed by atoms with Gasteiger partial charge in [0.1, 0.15) is 24.0 Å². The van der Waals surface area contributed by atoms with Gasteiger partial charge < -0.3 is 15.4 Å². The Balaban J connectivity index is 1.84. The molecule has 0 bridgehead atoms. The predicted molar refractivity (Wildman–Crippen MR) is 130 cm³/mol. The summed E-state index contributed by atoms with van der Waals surface area (Å²) in [6.07, 6.45) is 1.41. The summed E-state index contributed by atoms with van der Waals surface area (Å²) < 4.78 is 7.92. The van der Waals surface area contributed by atoms with Crippen LogP contribution < -0.4 is 10.5 Å². The maximum absolute atomic E-state index is 12.4. The van der Waals surface area contributed by atoms with Crippen LogP contribution in [-0.2, 0) is 4.79 Å². The van der Waals surface area contributed by atoms with Crippen molar-refractivity contribution in [2.24, 2.45) is 5.92 Å². The summed E-state index contributed by atoms with van der Waals surface area (Å²) in [5.41, 5.74) is 9.33. The fourth-order valence-corrected chi connectivity index (χ4v) is 4.83. The third-order valence-electron chi connectivity index (χ3n) is 6.30. The number of fused-ring (bicyclic) bond motifs is 1. The zero-order chi connectivity index (χ0) is 24.7. The number of halogens is 1. The first-order valence-corrected chi connectivity index (χ1v) is 11.7. The number of likely N-dealkylation sites (tertiary alicyclic amines) is 1. The smallest absolute Gasteiger partial charge is 0.225 e. The Bertz CT molecular complexity index is 1310. The van der Waals surface area contributed by atoms with Gasteiger partial charge >= 0.3 is 0 Å². The number of nitrogens with zero attached hydrogens (tertiary/aromatic N) is 6. The number of rotatable bonds is 6. The van der Waals surface area contributed by atoms with E-state index in [0.29, 0.717) is 52.9 Å². The Morgan fingerprint density at radius 1 is 1.35 bits per heavy atom. The van der Waals surface area contributed by atoms with E-state index in [1.54, 1.807) is 15.6 Å². The number of aryl methyl sites for hydroxylation is 1. The SMILES string of the molecule is CCOc1c(C(C)n2nc(C)c3c(N)ncnc32)cc(Cl)c(C#N)c1C1CN(C(=O)C(C)C)C1. The number of amides is 1. The molecule has 0 saturated carbocycles. The standard InChI is InChI=1S/C24H28ClN7O2/c1-6-34-21-16(14(5)32-23-19(13(4)30-32)22(27)28-11-29-23)7-18(25)17(8-26)20(21)15-9-31(10-15)24(33)12(2)3/h7,11-12,14-15H,6,9-10H2,1-5H3,(H2,27,28,29). The Morgan fingerprint density at radius 3 is 2.68 bits per heavy atom. The number of ether oxygens (including phenoxy) is 1. The number of hydrogen-bond acceptors (Lipinski definition) is 7. The molecule has 0 radical (unpaired) electrons. The Labute approximate surface area is 203 Å². The van der Waals surface area contributed by atoms with Crippen LogP contribution in [0.3, 0.4) is 0 Å². The van der Waals surface area contributed by atoms with E-state index in [4.69, 9.17) is 22.1 Å². The highest BCUT2D eigenvalue weighted by Gasteiger charge is 2.38. The van der Waals surface area contributed by atoms with E-state index < -0.39 is 0 Å². The maximum Gasteiger partial charge on any atom is 0.225 e. The molecule has 1 fully saturated rings. The highest BCUT2D eigenvalue weighted by atomic mass is 35.5. The molecule has 34 heavy (non-hydrogen) atoms. The van der Waals surface area contributed by atoms with E-state index in [2.05, 4.69) is 21.1 Å². The van der Waals surface area contributed by atoms with Crippen LogP contribution in [0, 0.1) is 24.2 Å². The first kappa shape index (κ1) is 23.8. The Hall–Kier alpha value is -3.38. The van der Waals surface area contributed by atoms with E-state index in [-0.39, 0.29) is 23.8 Å². The molecule has 4 rings (SSSR count). The molecule has 1 atom stereocenters. The molecular weight excluding hydrogens is 454 g/mol. The first-order chi connectivity index (χ1) is 16.2. The summed E-state index contributed by atoms with van der Waals surface area (Å²) in [5.74, 6) is 0.954. The lowest BCUT2D eigenvalue weighted by molar-refractivity contribution is -0.139. The predicted octanol–water partition coefficient (Wildman–Crippen LogP) is 3.83. The minimum atomic E-state index is -0.315. The summed E-state index contributed by atoms with van der Waals surface area (Å²) in [7, 11) is 0. The molecule has 1 aliphatic rings. The average Bonchev–Trinajstić information content (AvgIpc) is 3.11. The number of aromatic nitrogens is 4. The van der Waals surface area contributed by atoms with Crippen LogP contribution in [0.5, 0.6) is 5.75 Å². The third-order valence-corrected chi connectivity index (χ3v) is 6.60. The van der Waals surface area contributed by atoms with Gasteiger partial charge in [0.25, 0.3) is 0 Å². The van der Waals surface area contributed by atoms with E-state index >= 15 is 0 Å². The molecule has 9 nitrogen and oxygen atoms in total. The first-order valence-electron chi connectivity index (χ1n) is 11.3. The second-order valence-corrected chi connectivity index (χ2v) is 9.28. The van der Waals surface area contributed by atoms with Gasteiger partial charge in [-0.3, -0.25) is 4.79 Å². The van der Waals surface area contributed by atoms with Crippen LogP contribution >= 0.6 is 11.6 Å². The maximum atomic E-state index is 12.4. The lowest BCUT2D eigenvalue weighted by Gasteiger charge is -2.41. The third kappa shape index (κ3) is 3.82. The van der Waals surface area contributed by atoms with Crippen molar-refractivity contribution in [3.8, 4) is 11.8 Å². The molecule has 178 valence electrons. The second kappa shape index (κ2) is 9.11. The largest absolute Gasteiger partial charge is 0.493 e. The summed E-state index contributed by atoms with van der Waals surface area (Å²) in [6.45, 7) is 11.0. The molecule has 1 saturated heterocycles. The van der Waals surface area contributed by atoms with Crippen LogP contribution in [0.2, 0.25) is 5.02 Å². The van der Waals surface area contributed by atoms with E-state index in [1.807, 2.05) is 34.6 Å². The van der Waals surface area contributed by atoms with Crippen molar-refractivity contribution in [3.05, 3.63) is 39.8 Å². The second-order valence-electron chi connectivity index (χ2n) is 8.87. The van der Waals surface area contributed by atoms with Gasteiger partial charge in [0.15, 0.2) is 5.65 Å². The van der Waals surface area contributed by atoms with Crippen molar-refractivity contribution < 1.29 is 9.53 Å². The van der Waals surface area contributed by atoms with Crippen molar-refractivity contribution in [1.29, 1.82) is 5.26 Å². The number of nitriles is 1. The zero-order valence-electron chi connectivity index (χ0n) is 20.0. The molecule has 0 aliphatic carbocycles. The van der Waals surface area contributed by atoms with Gasteiger partial charge in [0, 0.05) is 36.1 Å². The van der Waals surface area contributed by atoms with Gasteiger partial charge in [0.05, 0.1) is 34.3 Å². The van der Waals surface area contributed by atoms with E-state index in [1.165, 1.54) is 6.33 Å². The Morgan fingerprint density at radius 2 is 2.06 bits per heavy atom. The van der Waals surface area contributed by atoms with Crippen LogP contribution in [0.25, 0.3) is 11.0 Å². The molecule has 10 heteroatoms. The lowest BCUT2D eigenvalue weighted by atomic mass is 9.84. The number of carbonyl (C=O) groups excluding carboxylic acids is 1. The molecule has 0 spiro atoms. The normalized spacial score (nSPS) is 14.8. The van der Waals surface area contributed by atoms with Gasteiger partial charge in [-0.1, -0.05) is 25.4 Å². The molecule has 1 unspecified atom stereocenters. The molecule has 1 aromatic carbocycles. The highest BCUT2D eigenvalue weighted by Crippen LogP contribution is 2.44. The number of hydrogen-bond donors (Lipinski definition) is 1. The fourth-order valence-electron chi connectivity index (χ4n) is 4.57. The van der Waals surface area contributed by atoms with Crippen molar-refractivity contribution >= 4 is 34.4 Å². The molecule has 1 aliphatic heterocycles. The summed E-state index contributed by atoms with van der Waals surface area (Å²) in [6, 6.07) is 3.70. The number of carbonyl (C=O) groups is 1. The van der Waals surface area contributed by atoms with Crippen LogP contribution in [0.4, 0.5) is 5.82 Å². The number of nitrogen functional groups attached to an aromatic ring is 1. The fraction of sp³-hybridized carbons (Fsp3) is 0.458. The zero-order valence-corrected chi connectivity index (χ0v) is 20.7. The molecule has 2 aromatic heterocycles. The van der Waals surface area contributed by atoms with Crippen molar-refractivity contribution in [2.75, 3.05) is 25.4 Å². The van der Waals surface area contributed by atoms with Crippen molar-refractivity contribution in [3.63, 3.8) is 0 Å². The average molecular weight is 482 g/mol. The quantitative estimate of drug-likeness (QED) is 0.567. The van der Waals surface area contributed by atoms with Crippen molar-refractivity contribution in [2.45, 2.75) is 46.6 Å². The summed E-state index contributed by atoms with van der Waals surface area (Å²) >= 11 is 6.63. The minimum Gasteiger partial charge on any atom is -0.493 e. The van der Waals surface area contributed by atoms with Crippen LogP contribution in [0.1, 0.15) is 62.0 Å². The molecule has 3 aromatic rings. The monoisotopic (exact) mass is 481 g/mol. The van der Waals surface area contributed by atoms with Gasteiger partial charge in [-0.05, 0) is 26.8 Å². The number of anilines is 1. The van der Waals surface area contributed by atoms with E-state index in [9.17, 15) is 10.1 Å². The van der Waals surface area contributed by atoms with Gasteiger partial charge in [-0.25, -0.2) is 14.6 Å². The molecular formula is C24H28ClN7O2. The lowest BCUT2D eigenvalue weighted by Crippen LogP contribution is -2.50. The summed E-state index contributed by atoms with van der Waals surface area (Å²) in [5, 5.41) is 15.7.